The fraction of sp³-hybridized carbons (Fsp3) is 0.882. The van der Waals surface area contributed by atoms with Crippen molar-refractivity contribution in [3.63, 3.8) is 0 Å². The summed E-state index contributed by atoms with van der Waals surface area (Å²) in [6.45, 7) is 6.38. The van der Waals surface area contributed by atoms with Crippen molar-refractivity contribution in [2.75, 3.05) is 13.2 Å². The van der Waals surface area contributed by atoms with E-state index in [-0.39, 0.29) is 0 Å². The van der Waals surface area contributed by atoms with E-state index >= 15 is 0 Å². The summed E-state index contributed by atoms with van der Waals surface area (Å²) >= 11 is 0. The first-order valence-electron chi connectivity index (χ1n) is 8.14. The number of unbranched alkanes of at least 4 members (excludes halogenated alkanes) is 8. The maximum atomic E-state index is 5.64. The molecule has 0 N–H and O–H groups in total. The SMILES string of the molecule is CC/C=C\CCCCOCCCCCCCCC. The van der Waals surface area contributed by atoms with Crippen LogP contribution in [0, 0.1) is 0 Å². The molecule has 0 rings (SSSR count). The highest BCUT2D eigenvalue weighted by molar-refractivity contribution is 4.79. The van der Waals surface area contributed by atoms with E-state index in [0.717, 1.165) is 19.6 Å². The van der Waals surface area contributed by atoms with Crippen molar-refractivity contribution in [2.24, 2.45) is 0 Å². The highest BCUT2D eigenvalue weighted by Crippen LogP contribution is 2.07. The third-order valence-electron chi connectivity index (χ3n) is 3.20. The van der Waals surface area contributed by atoms with Gasteiger partial charge in [0.05, 0.1) is 0 Å². The second-order valence-electron chi connectivity index (χ2n) is 5.11. The minimum absolute atomic E-state index is 0.954. The average molecular weight is 254 g/mol. The van der Waals surface area contributed by atoms with Crippen molar-refractivity contribution < 1.29 is 4.74 Å². The lowest BCUT2D eigenvalue weighted by Crippen LogP contribution is -1.97. The zero-order chi connectivity index (χ0) is 13.3. The van der Waals surface area contributed by atoms with Gasteiger partial charge in [0.15, 0.2) is 0 Å². The van der Waals surface area contributed by atoms with Gasteiger partial charge in [-0.25, -0.2) is 0 Å². The Hall–Kier alpha value is -0.300. The van der Waals surface area contributed by atoms with Gasteiger partial charge in [0.25, 0.3) is 0 Å². The molecule has 1 nitrogen and oxygen atoms in total. The molecule has 0 aromatic rings. The molecule has 0 saturated carbocycles. The van der Waals surface area contributed by atoms with Gasteiger partial charge in [-0.3, -0.25) is 0 Å². The topological polar surface area (TPSA) is 9.23 Å². The van der Waals surface area contributed by atoms with Crippen LogP contribution in [0.3, 0.4) is 0 Å². The summed E-state index contributed by atoms with van der Waals surface area (Å²) in [7, 11) is 0. The van der Waals surface area contributed by atoms with E-state index in [4.69, 9.17) is 4.74 Å². The normalized spacial score (nSPS) is 11.4. The highest BCUT2D eigenvalue weighted by atomic mass is 16.5. The molecule has 0 spiro atoms. The van der Waals surface area contributed by atoms with Crippen LogP contribution < -0.4 is 0 Å². The second-order valence-corrected chi connectivity index (χ2v) is 5.11. The van der Waals surface area contributed by atoms with Crippen LogP contribution in [0.15, 0.2) is 12.2 Å². The van der Waals surface area contributed by atoms with Gasteiger partial charge in [0.1, 0.15) is 0 Å². The Morgan fingerprint density at radius 2 is 1.28 bits per heavy atom. The van der Waals surface area contributed by atoms with Gasteiger partial charge >= 0.3 is 0 Å². The molecule has 0 amide bonds. The van der Waals surface area contributed by atoms with E-state index in [1.54, 1.807) is 0 Å². The minimum Gasteiger partial charge on any atom is -0.381 e. The van der Waals surface area contributed by atoms with Crippen molar-refractivity contribution in [3.05, 3.63) is 12.2 Å². The molecule has 0 aliphatic heterocycles. The smallest absolute Gasteiger partial charge is 0.0466 e. The summed E-state index contributed by atoms with van der Waals surface area (Å²) in [6, 6.07) is 0. The lowest BCUT2D eigenvalue weighted by molar-refractivity contribution is 0.126. The van der Waals surface area contributed by atoms with E-state index in [1.165, 1.54) is 64.2 Å². The van der Waals surface area contributed by atoms with Crippen molar-refractivity contribution in [1.29, 1.82) is 0 Å². The monoisotopic (exact) mass is 254 g/mol. The summed E-state index contributed by atoms with van der Waals surface area (Å²) in [5, 5.41) is 0. The van der Waals surface area contributed by atoms with Gasteiger partial charge in [-0.05, 0) is 32.1 Å². The molecule has 0 fully saturated rings. The predicted molar refractivity (Wildman–Crippen MR) is 82.1 cm³/mol. The van der Waals surface area contributed by atoms with Gasteiger partial charge in [-0.15, -0.1) is 0 Å². The van der Waals surface area contributed by atoms with Crippen molar-refractivity contribution >= 4 is 0 Å². The quantitative estimate of drug-likeness (QED) is 0.277. The zero-order valence-corrected chi connectivity index (χ0v) is 12.8. The van der Waals surface area contributed by atoms with E-state index in [0.29, 0.717) is 0 Å². The number of rotatable bonds is 14. The Kier molecular flexibility index (Phi) is 16.4. The molecule has 0 aliphatic rings. The standard InChI is InChI=1S/C17H34O/c1-3-5-7-9-11-13-15-17-18-16-14-12-10-8-6-4-2/h6,8H,3-5,7,9-17H2,1-2H3/b8-6-. The van der Waals surface area contributed by atoms with E-state index in [1.807, 2.05) is 0 Å². The zero-order valence-electron chi connectivity index (χ0n) is 12.8. The van der Waals surface area contributed by atoms with Gasteiger partial charge in [0.2, 0.25) is 0 Å². The summed E-state index contributed by atoms with van der Waals surface area (Å²) in [4.78, 5) is 0. The van der Waals surface area contributed by atoms with E-state index < -0.39 is 0 Å². The molecule has 0 saturated heterocycles. The summed E-state index contributed by atoms with van der Waals surface area (Å²) in [5.74, 6) is 0. The first-order chi connectivity index (χ1) is 8.91. The second kappa shape index (κ2) is 16.7. The van der Waals surface area contributed by atoms with Crippen LogP contribution in [0.25, 0.3) is 0 Å². The van der Waals surface area contributed by atoms with Crippen LogP contribution in [0.4, 0.5) is 0 Å². The van der Waals surface area contributed by atoms with Crippen molar-refractivity contribution in [2.45, 2.75) is 84.5 Å². The van der Waals surface area contributed by atoms with Crippen LogP contribution in [0.5, 0.6) is 0 Å². The molecular formula is C17H34O. The van der Waals surface area contributed by atoms with E-state index in [9.17, 15) is 0 Å². The van der Waals surface area contributed by atoms with Crippen molar-refractivity contribution in [1.82, 2.24) is 0 Å². The van der Waals surface area contributed by atoms with Gasteiger partial charge in [-0.1, -0.05) is 64.5 Å². The summed E-state index contributed by atoms with van der Waals surface area (Å²) in [6.07, 6.45) is 19.0. The Balaban J connectivity index is 2.92. The molecule has 0 unspecified atom stereocenters. The Bertz CT molecular complexity index is 163. The fourth-order valence-corrected chi connectivity index (χ4v) is 2.01. The predicted octanol–water partition coefficient (Wildman–Crippen LogP) is 5.89. The van der Waals surface area contributed by atoms with Crippen LogP contribution >= 0.6 is 0 Å². The molecule has 18 heavy (non-hydrogen) atoms. The third-order valence-corrected chi connectivity index (χ3v) is 3.20. The molecule has 108 valence electrons. The Morgan fingerprint density at radius 1 is 0.667 bits per heavy atom. The molecule has 0 aromatic carbocycles. The lowest BCUT2D eigenvalue weighted by atomic mass is 10.1. The molecule has 0 radical (unpaired) electrons. The van der Waals surface area contributed by atoms with Gasteiger partial charge < -0.3 is 4.74 Å². The highest BCUT2D eigenvalue weighted by Gasteiger charge is 1.92. The van der Waals surface area contributed by atoms with Crippen LogP contribution in [0.1, 0.15) is 84.5 Å². The molecule has 0 aromatic heterocycles. The summed E-state index contributed by atoms with van der Waals surface area (Å²) < 4.78 is 5.64. The molecule has 0 aliphatic carbocycles. The maximum absolute atomic E-state index is 5.64. The first-order valence-corrected chi connectivity index (χ1v) is 8.14. The largest absolute Gasteiger partial charge is 0.381 e. The average Bonchev–Trinajstić information content (AvgIpc) is 2.39. The molecule has 0 heterocycles. The van der Waals surface area contributed by atoms with Crippen molar-refractivity contribution in [3.8, 4) is 0 Å². The third kappa shape index (κ3) is 15.7. The number of ether oxygens (including phenoxy) is 1. The lowest BCUT2D eigenvalue weighted by Gasteiger charge is -2.04. The summed E-state index contributed by atoms with van der Waals surface area (Å²) in [5.41, 5.74) is 0. The number of allylic oxidation sites excluding steroid dienone is 2. The molecule has 0 bridgehead atoms. The number of hydrogen-bond donors (Lipinski definition) is 0. The number of hydrogen-bond acceptors (Lipinski definition) is 1. The minimum atomic E-state index is 0.954. The van der Waals surface area contributed by atoms with Gasteiger partial charge in [-0.2, -0.15) is 0 Å². The van der Waals surface area contributed by atoms with Crippen LogP contribution in [-0.4, -0.2) is 13.2 Å². The molecule has 0 atom stereocenters. The van der Waals surface area contributed by atoms with Crippen LogP contribution in [-0.2, 0) is 4.74 Å². The first kappa shape index (κ1) is 17.7. The van der Waals surface area contributed by atoms with Crippen LogP contribution in [0.2, 0.25) is 0 Å². The maximum Gasteiger partial charge on any atom is 0.0466 e. The van der Waals surface area contributed by atoms with E-state index in [2.05, 4.69) is 26.0 Å². The fourth-order valence-electron chi connectivity index (χ4n) is 2.01. The Morgan fingerprint density at radius 3 is 1.94 bits per heavy atom. The van der Waals surface area contributed by atoms with Gasteiger partial charge in [0, 0.05) is 13.2 Å². The molecular weight excluding hydrogens is 220 g/mol. The Labute approximate surface area is 115 Å². The molecule has 1 heteroatoms.